The number of ether oxygens (including phenoxy) is 1. The number of amides is 1. The number of aromatic nitrogens is 3. The van der Waals surface area contributed by atoms with Crippen LogP contribution in [0.4, 0.5) is 5.69 Å². The molecule has 8 heteroatoms. The number of nitriles is 1. The third-order valence-corrected chi connectivity index (χ3v) is 5.12. The highest BCUT2D eigenvalue weighted by Crippen LogP contribution is 2.29. The van der Waals surface area contributed by atoms with Crippen LogP contribution in [0.5, 0.6) is 5.75 Å². The zero-order valence-corrected chi connectivity index (χ0v) is 17.6. The number of carbonyl (C=O) groups is 1. The molecule has 3 N–H and O–H groups in total. The number of hydrogen-bond acceptors (Lipinski definition) is 5. The first-order chi connectivity index (χ1) is 15.6. The Labute approximate surface area is 184 Å². The summed E-state index contributed by atoms with van der Waals surface area (Å²) in [5, 5.41) is 11.6. The topological polar surface area (TPSA) is 113 Å². The first kappa shape index (κ1) is 20.7. The Kier molecular flexibility index (Phi) is 5.63. The zero-order chi connectivity index (χ0) is 22.7. The SMILES string of the molecule is CCn1c(C#Cc2ccc(N(N)C(=O)c3cnc[nH]3)cc2)c(C#N)c2ccc(OC)cc21. The number of rotatable bonds is 4. The van der Waals surface area contributed by atoms with Crippen LogP contribution in [0.3, 0.4) is 0 Å². The van der Waals surface area contributed by atoms with E-state index in [-0.39, 0.29) is 0 Å². The van der Waals surface area contributed by atoms with Gasteiger partial charge in [-0.15, -0.1) is 0 Å². The molecule has 32 heavy (non-hydrogen) atoms. The fourth-order valence-electron chi connectivity index (χ4n) is 3.48. The van der Waals surface area contributed by atoms with Gasteiger partial charge in [-0.25, -0.2) is 15.8 Å². The molecule has 0 saturated carbocycles. The molecule has 0 saturated heterocycles. The molecule has 0 aliphatic heterocycles. The average molecular weight is 424 g/mol. The lowest BCUT2D eigenvalue weighted by atomic mass is 10.1. The van der Waals surface area contributed by atoms with Gasteiger partial charge in [0.25, 0.3) is 5.91 Å². The number of hydrogen-bond donors (Lipinski definition) is 2. The maximum absolute atomic E-state index is 12.3. The first-order valence-corrected chi connectivity index (χ1v) is 9.87. The highest BCUT2D eigenvalue weighted by molar-refractivity contribution is 6.03. The average Bonchev–Trinajstić information content (AvgIpc) is 3.47. The minimum absolute atomic E-state index is 0.296. The van der Waals surface area contributed by atoms with Gasteiger partial charge in [0.2, 0.25) is 0 Å². The van der Waals surface area contributed by atoms with Gasteiger partial charge < -0.3 is 14.3 Å². The van der Waals surface area contributed by atoms with E-state index in [1.54, 1.807) is 31.4 Å². The molecule has 158 valence electrons. The molecule has 0 atom stereocenters. The summed E-state index contributed by atoms with van der Waals surface area (Å²) in [4.78, 5) is 18.9. The van der Waals surface area contributed by atoms with Gasteiger partial charge in [0.1, 0.15) is 23.2 Å². The second kappa shape index (κ2) is 8.68. The van der Waals surface area contributed by atoms with Crippen molar-refractivity contribution in [3.63, 3.8) is 0 Å². The molecular weight excluding hydrogens is 404 g/mol. The van der Waals surface area contributed by atoms with E-state index in [0.717, 1.165) is 27.2 Å². The summed E-state index contributed by atoms with van der Waals surface area (Å²) in [7, 11) is 1.61. The summed E-state index contributed by atoms with van der Waals surface area (Å²) in [5.41, 5.74) is 3.63. The molecule has 2 heterocycles. The summed E-state index contributed by atoms with van der Waals surface area (Å²) in [6, 6.07) is 14.9. The highest BCUT2D eigenvalue weighted by atomic mass is 16.5. The number of methoxy groups -OCH3 is 1. The molecule has 0 aliphatic carbocycles. The lowest BCUT2D eigenvalue weighted by Gasteiger charge is -2.15. The van der Waals surface area contributed by atoms with Crippen molar-refractivity contribution in [3.8, 4) is 23.7 Å². The van der Waals surface area contributed by atoms with Crippen LogP contribution >= 0.6 is 0 Å². The number of benzene rings is 2. The van der Waals surface area contributed by atoms with Crippen LogP contribution < -0.4 is 15.6 Å². The Balaban J connectivity index is 1.66. The van der Waals surface area contributed by atoms with Gasteiger partial charge in [-0.05, 0) is 49.2 Å². The van der Waals surface area contributed by atoms with Gasteiger partial charge in [-0.1, -0.05) is 5.92 Å². The van der Waals surface area contributed by atoms with Crippen LogP contribution in [0, 0.1) is 23.2 Å². The number of nitrogens with one attached hydrogen (secondary N) is 1. The van der Waals surface area contributed by atoms with E-state index in [4.69, 9.17) is 10.6 Å². The van der Waals surface area contributed by atoms with Crippen molar-refractivity contribution in [2.24, 2.45) is 5.84 Å². The quantitative estimate of drug-likeness (QED) is 0.226. The van der Waals surface area contributed by atoms with Crippen molar-refractivity contribution in [3.05, 3.63) is 77.5 Å². The van der Waals surface area contributed by atoms with Gasteiger partial charge in [-0.3, -0.25) is 4.79 Å². The smallest absolute Gasteiger partial charge is 0.290 e. The lowest BCUT2D eigenvalue weighted by Crippen LogP contribution is -2.37. The molecule has 2 aromatic carbocycles. The van der Waals surface area contributed by atoms with Crippen LogP contribution in [0.25, 0.3) is 10.9 Å². The molecule has 0 bridgehead atoms. The normalized spacial score (nSPS) is 10.3. The van der Waals surface area contributed by atoms with Gasteiger partial charge >= 0.3 is 0 Å². The minimum Gasteiger partial charge on any atom is -0.497 e. The number of fused-ring (bicyclic) bond motifs is 1. The number of nitrogens with two attached hydrogens (primary N) is 1. The Morgan fingerprint density at radius 1 is 1.25 bits per heavy atom. The predicted octanol–water partition coefficient (Wildman–Crippen LogP) is 3.18. The second-order valence-corrected chi connectivity index (χ2v) is 6.90. The van der Waals surface area contributed by atoms with Gasteiger partial charge in [0.15, 0.2) is 0 Å². The molecule has 0 unspecified atom stereocenters. The maximum atomic E-state index is 12.3. The number of hydrazine groups is 1. The molecule has 2 aromatic heterocycles. The fraction of sp³-hybridized carbons (Fsp3) is 0.125. The molecule has 0 fully saturated rings. The van der Waals surface area contributed by atoms with E-state index in [1.165, 1.54) is 12.5 Å². The van der Waals surface area contributed by atoms with Crippen molar-refractivity contribution in [1.82, 2.24) is 14.5 Å². The fourth-order valence-corrected chi connectivity index (χ4v) is 3.48. The molecule has 4 rings (SSSR count). The second-order valence-electron chi connectivity index (χ2n) is 6.90. The van der Waals surface area contributed by atoms with E-state index in [9.17, 15) is 10.1 Å². The Morgan fingerprint density at radius 2 is 2.03 bits per heavy atom. The van der Waals surface area contributed by atoms with Crippen molar-refractivity contribution in [2.75, 3.05) is 12.1 Å². The molecule has 0 aliphatic rings. The van der Waals surface area contributed by atoms with Crippen molar-refractivity contribution >= 4 is 22.5 Å². The number of H-pyrrole nitrogens is 1. The highest BCUT2D eigenvalue weighted by Gasteiger charge is 2.16. The van der Waals surface area contributed by atoms with Gasteiger partial charge in [0.05, 0.1) is 36.4 Å². The number of imidazole rings is 1. The Hall–Kier alpha value is -4.53. The molecule has 4 aromatic rings. The predicted molar refractivity (Wildman–Crippen MR) is 121 cm³/mol. The summed E-state index contributed by atoms with van der Waals surface area (Å²) < 4.78 is 7.33. The Morgan fingerprint density at radius 3 is 2.66 bits per heavy atom. The van der Waals surface area contributed by atoms with Crippen LogP contribution in [0.15, 0.2) is 55.0 Å². The standard InChI is InChI=1S/C24H20N6O2/c1-3-29-22(20(13-25)19-10-9-18(32-2)12-23(19)29)11-6-16-4-7-17(8-5-16)30(26)24(31)21-14-27-15-28-21/h4-5,7-10,12,14-15H,3,26H2,1-2H3,(H,27,28). The van der Waals surface area contributed by atoms with Crippen LogP contribution in [0.2, 0.25) is 0 Å². The van der Waals surface area contributed by atoms with E-state index in [0.29, 0.717) is 29.2 Å². The van der Waals surface area contributed by atoms with Crippen molar-refractivity contribution in [2.45, 2.75) is 13.5 Å². The molecule has 8 nitrogen and oxygen atoms in total. The maximum Gasteiger partial charge on any atom is 0.290 e. The third kappa shape index (κ3) is 3.67. The van der Waals surface area contributed by atoms with E-state index in [1.807, 2.05) is 29.7 Å². The summed E-state index contributed by atoms with van der Waals surface area (Å²) in [5.74, 6) is 12.5. The molecule has 0 radical (unpaired) electrons. The van der Waals surface area contributed by atoms with Gasteiger partial charge in [-0.2, -0.15) is 5.26 Å². The molecule has 1 amide bonds. The van der Waals surface area contributed by atoms with Crippen LogP contribution in [-0.2, 0) is 6.54 Å². The summed E-state index contributed by atoms with van der Waals surface area (Å²) in [6.45, 7) is 2.67. The monoisotopic (exact) mass is 424 g/mol. The van der Waals surface area contributed by atoms with E-state index >= 15 is 0 Å². The lowest BCUT2D eigenvalue weighted by molar-refractivity contribution is 0.0982. The Bertz CT molecular complexity index is 1380. The number of nitrogens with zero attached hydrogens (tertiary/aromatic N) is 4. The van der Waals surface area contributed by atoms with Crippen molar-refractivity contribution < 1.29 is 9.53 Å². The number of aryl methyl sites for hydroxylation is 1. The van der Waals surface area contributed by atoms with Crippen LogP contribution in [0.1, 0.15) is 34.2 Å². The van der Waals surface area contributed by atoms with E-state index in [2.05, 4.69) is 27.9 Å². The molecular formula is C24H20N6O2. The van der Waals surface area contributed by atoms with Crippen molar-refractivity contribution in [1.29, 1.82) is 5.26 Å². The summed E-state index contributed by atoms with van der Waals surface area (Å²) >= 11 is 0. The summed E-state index contributed by atoms with van der Waals surface area (Å²) in [6.07, 6.45) is 2.83. The number of aromatic amines is 1. The first-order valence-electron chi connectivity index (χ1n) is 9.87. The largest absolute Gasteiger partial charge is 0.497 e. The van der Waals surface area contributed by atoms with E-state index < -0.39 is 5.91 Å². The number of anilines is 1. The zero-order valence-electron chi connectivity index (χ0n) is 17.6. The van der Waals surface area contributed by atoms with Crippen LogP contribution in [-0.4, -0.2) is 27.6 Å². The third-order valence-electron chi connectivity index (χ3n) is 5.12. The molecule has 0 spiro atoms. The minimum atomic E-state index is -0.400. The van der Waals surface area contributed by atoms with Gasteiger partial charge in [0, 0.05) is 23.6 Å². The number of carbonyl (C=O) groups excluding carboxylic acids is 1.